The third-order valence-corrected chi connectivity index (χ3v) is 5.21. The Morgan fingerprint density at radius 2 is 2.12 bits per heavy atom. The molecule has 0 spiro atoms. The fourth-order valence-corrected chi connectivity index (χ4v) is 3.50. The summed E-state index contributed by atoms with van der Waals surface area (Å²) in [5.41, 5.74) is 2.09. The van der Waals surface area contributed by atoms with Gasteiger partial charge in [-0.05, 0) is 37.8 Å². The number of thioether (sulfide) groups is 1. The Morgan fingerprint density at radius 3 is 2.84 bits per heavy atom. The number of hydrogen-bond donors (Lipinski definition) is 0. The summed E-state index contributed by atoms with van der Waals surface area (Å²) < 4.78 is 7.12. The van der Waals surface area contributed by atoms with E-state index in [0.717, 1.165) is 46.5 Å². The number of imidazole rings is 1. The highest BCUT2D eigenvalue weighted by Gasteiger charge is 2.11. The van der Waals surface area contributed by atoms with Crippen molar-refractivity contribution in [3.05, 3.63) is 46.7 Å². The number of aryl methyl sites for hydroxylation is 1. The van der Waals surface area contributed by atoms with Crippen LogP contribution in [0.25, 0.3) is 0 Å². The number of halogens is 1. The van der Waals surface area contributed by atoms with Crippen molar-refractivity contribution in [1.82, 2.24) is 9.55 Å². The topological polar surface area (TPSA) is 44.1 Å². The highest BCUT2D eigenvalue weighted by atomic mass is 35.5. The van der Waals surface area contributed by atoms with Crippen LogP contribution < -0.4 is 0 Å². The van der Waals surface area contributed by atoms with E-state index in [9.17, 15) is 4.79 Å². The minimum absolute atomic E-state index is 0.140. The molecule has 1 aromatic carbocycles. The number of carbonyl (C=O) groups excluding carboxylic acids is 1. The fourth-order valence-electron chi connectivity index (χ4n) is 2.45. The maximum atomic E-state index is 11.5. The Morgan fingerprint density at radius 1 is 1.32 bits per heavy atom. The van der Waals surface area contributed by atoms with E-state index in [-0.39, 0.29) is 5.97 Å². The number of hydrogen-bond acceptors (Lipinski definition) is 4. The van der Waals surface area contributed by atoms with Crippen LogP contribution in [0.4, 0.5) is 0 Å². The molecule has 0 saturated carbocycles. The zero-order valence-electron chi connectivity index (χ0n) is 14.8. The average Bonchev–Trinajstić information content (AvgIpc) is 2.97. The van der Waals surface area contributed by atoms with Crippen molar-refractivity contribution in [3.8, 4) is 0 Å². The minimum atomic E-state index is -0.140. The Hall–Kier alpha value is -1.46. The molecule has 4 nitrogen and oxygen atoms in total. The van der Waals surface area contributed by atoms with Gasteiger partial charge < -0.3 is 9.30 Å². The lowest BCUT2D eigenvalue weighted by Crippen LogP contribution is -2.04. The number of carbonyl (C=O) groups is 1. The minimum Gasteiger partial charge on any atom is -0.466 e. The van der Waals surface area contributed by atoms with E-state index in [1.165, 1.54) is 0 Å². The second kappa shape index (κ2) is 10.5. The van der Waals surface area contributed by atoms with Gasteiger partial charge in [-0.15, -0.1) is 0 Å². The molecule has 2 rings (SSSR count). The monoisotopic (exact) mass is 380 g/mol. The first-order chi connectivity index (χ1) is 12.1. The molecule has 0 unspecified atom stereocenters. The van der Waals surface area contributed by atoms with Gasteiger partial charge in [-0.1, -0.05) is 48.5 Å². The number of benzene rings is 1. The van der Waals surface area contributed by atoms with Crippen LogP contribution in [0.1, 0.15) is 44.4 Å². The van der Waals surface area contributed by atoms with Gasteiger partial charge in [0.2, 0.25) is 0 Å². The summed E-state index contributed by atoms with van der Waals surface area (Å²) in [5, 5.41) is 1.78. The highest BCUT2D eigenvalue weighted by Crippen LogP contribution is 2.23. The van der Waals surface area contributed by atoms with Crippen LogP contribution in [0.5, 0.6) is 0 Å². The second-order valence-electron chi connectivity index (χ2n) is 5.74. The van der Waals surface area contributed by atoms with Crippen molar-refractivity contribution in [2.24, 2.45) is 0 Å². The molecule has 0 atom stereocenters. The first kappa shape index (κ1) is 19.9. The van der Waals surface area contributed by atoms with E-state index in [2.05, 4.69) is 17.7 Å². The van der Waals surface area contributed by atoms with Crippen LogP contribution in [0.3, 0.4) is 0 Å². The molecule has 0 N–H and O–H groups in total. The number of rotatable bonds is 10. The van der Waals surface area contributed by atoms with E-state index < -0.39 is 0 Å². The van der Waals surface area contributed by atoms with E-state index >= 15 is 0 Å². The first-order valence-corrected chi connectivity index (χ1v) is 10.1. The van der Waals surface area contributed by atoms with E-state index in [1.807, 2.05) is 31.2 Å². The van der Waals surface area contributed by atoms with Gasteiger partial charge in [0.25, 0.3) is 0 Å². The number of nitrogens with zero attached hydrogens (tertiary/aromatic N) is 2. The predicted octanol–water partition coefficient (Wildman–Crippen LogP) is 4.97. The molecule has 0 saturated heterocycles. The van der Waals surface area contributed by atoms with Crippen LogP contribution in [0, 0.1) is 0 Å². The SMILES string of the molecule is CCCSc1nc(CCCC(=O)OCC)cn1Cc1ccccc1Cl. The lowest BCUT2D eigenvalue weighted by molar-refractivity contribution is -0.143. The number of ether oxygens (including phenoxy) is 1. The van der Waals surface area contributed by atoms with E-state index in [4.69, 9.17) is 21.3 Å². The van der Waals surface area contributed by atoms with Crippen LogP contribution >= 0.6 is 23.4 Å². The lowest BCUT2D eigenvalue weighted by Gasteiger charge is -2.08. The van der Waals surface area contributed by atoms with Gasteiger partial charge in [0, 0.05) is 23.4 Å². The molecule has 0 aliphatic carbocycles. The third kappa shape index (κ3) is 6.40. The lowest BCUT2D eigenvalue weighted by atomic mass is 10.2. The average molecular weight is 381 g/mol. The Balaban J connectivity index is 2.05. The second-order valence-corrected chi connectivity index (χ2v) is 7.21. The molecule has 0 fully saturated rings. The Kier molecular flexibility index (Phi) is 8.35. The fraction of sp³-hybridized carbons (Fsp3) is 0.474. The molecule has 1 aromatic heterocycles. The molecule has 1 heterocycles. The van der Waals surface area contributed by atoms with Crippen molar-refractivity contribution in [3.63, 3.8) is 0 Å². The zero-order valence-corrected chi connectivity index (χ0v) is 16.4. The van der Waals surface area contributed by atoms with Crippen LogP contribution in [-0.4, -0.2) is 27.9 Å². The molecule has 0 aliphatic heterocycles. The Bertz CT molecular complexity index is 688. The maximum absolute atomic E-state index is 11.5. The molecular formula is C19H25ClN2O2S. The summed E-state index contributed by atoms with van der Waals surface area (Å²) in [6.45, 7) is 5.12. The molecule has 0 radical (unpaired) electrons. The number of esters is 1. The van der Waals surface area contributed by atoms with E-state index in [1.54, 1.807) is 11.8 Å². The van der Waals surface area contributed by atoms with Crippen molar-refractivity contribution in [2.75, 3.05) is 12.4 Å². The molecule has 0 bridgehead atoms. The number of aromatic nitrogens is 2. The van der Waals surface area contributed by atoms with Crippen molar-refractivity contribution in [1.29, 1.82) is 0 Å². The highest BCUT2D eigenvalue weighted by molar-refractivity contribution is 7.99. The largest absolute Gasteiger partial charge is 0.466 e. The first-order valence-electron chi connectivity index (χ1n) is 8.71. The van der Waals surface area contributed by atoms with Gasteiger partial charge in [-0.2, -0.15) is 0 Å². The Labute approximate surface area is 158 Å². The van der Waals surface area contributed by atoms with Gasteiger partial charge in [-0.25, -0.2) is 4.98 Å². The van der Waals surface area contributed by atoms with Crippen LogP contribution in [-0.2, 0) is 22.5 Å². The van der Waals surface area contributed by atoms with Crippen molar-refractivity contribution >= 4 is 29.3 Å². The standard InChI is InChI=1S/C19H25ClN2O2S/c1-3-12-25-19-21-16(9-7-11-18(23)24-4-2)14-22(19)13-15-8-5-6-10-17(15)20/h5-6,8,10,14H,3-4,7,9,11-13H2,1-2H3. The summed E-state index contributed by atoms with van der Waals surface area (Å²) in [6.07, 6.45) is 5.13. The summed E-state index contributed by atoms with van der Waals surface area (Å²) in [7, 11) is 0. The van der Waals surface area contributed by atoms with Gasteiger partial charge in [0.1, 0.15) is 0 Å². The van der Waals surface area contributed by atoms with E-state index in [0.29, 0.717) is 19.6 Å². The van der Waals surface area contributed by atoms with Crippen LogP contribution in [0.15, 0.2) is 35.6 Å². The van der Waals surface area contributed by atoms with Crippen molar-refractivity contribution < 1.29 is 9.53 Å². The molecule has 136 valence electrons. The maximum Gasteiger partial charge on any atom is 0.305 e. The predicted molar refractivity (Wildman–Crippen MR) is 103 cm³/mol. The molecule has 6 heteroatoms. The van der Waals surface area contributed by atoms with Gasteiger partial charge in [0.05, 0.1) is 18.8 Å². The van der Waals surface area contributed by atoms with Gasteiger partial charge in [-0.3, -0.25) is 4.79 Å². The van der Waals surface area contributed by atoms with Gasteiger partial charge in [0.15, 0.2) is 5.16 Å². The smallest absolute Gasteiger partial charge is 0.305 e. The van der Waals surface area contributed by atoms with Crippen molar-refractivity contribution in [2.45, 2.75) is 51.2 Å². The molecule has 0 aliphatic rings. The summed E-state index contributed by atoms with van der Waals surface area (Å²) in [4.78, 5) is 16.2. The quantitative estimate of drug-likeness (QED) is 0.431. The van der Waals surface area contributed by atoms with Crippen LogP contribution in [0.2, 0.25) is 5.02 Å². The summed E-state index contributed by atoms with van der Waals surface area (Å²) in [5.74, 6) is 0.889. The zero-order chi connectivity index (χ0) is 18.1. The molecule has 25 heavy (non-hydrogen) atoms. The molecule has 0 amide bonds. The third-order valence-electron chi connectivity index (χ3n) is 3.64. The normalized spacial score (nSPS) is 10.8. The molecular weight excluding hydrogens is 356 g/mol. The summed E-state index contributed by atoms with van der Waals surface area (Å²) >= 11 is 8.05. The molecule has 2 aromatic rings. The summed E-state index contributed by atoms with van der Waals surface area (Å²) in [6, 6.07) is 7.88. The van der Waals surface area contributed by atoms with Gasteiger partial charge >= 0.3 is 5.97 Å².